The summed E-state index contributed by atoms with van der Waals surface area (Å²) >= 11 is 1.78. The zero-order valence-electron chi connectivity index (χ0n) is 12.6. The molecule has 2 aromatic rings. The molecular weight excluding hydrogens is 278 g/mol. The topological polar surface area (TPSA) is 29.1 Å². The molecule has 3 heteroatoms. The van der Waals surface area contributed by atoms with Crippen LogP contribution in [-0.4, -0.2) is 12.2 Å². The highest BCUT2D eigenvalue weighted by molar-refractivity contribution is 7.97. The second kappa shape index (κ2) is 7.89. The summed E-state index contributed by atoms with van der Waals surface area (Å²) in [6.45, 7) is 2.16. The SMILES string of the molecule is CCCc1ccc(NC(=O)c2ccc(CSC)cc2)cc1. The summed E-state index contributed by atoms with van der Waals surface area (Å²) in [4.78, 5) is 12.2. The van der Waals surface area contributed by atoms with Crippen LogP contribution in [0.5, 0.6) is 0 Å². The zero-order chi connectivity index (χ0) is 15.1. The van der Waals surface area contributed by atoms with Crippen LogP contribution >= 0.6 is 11.8 Å². The predicted octanol–water partition coefficient (Wildman–Crippen LogP) is 4.75. The van der Waals surface area contributed by atoms with Crippen molar-refractivity contribution < 1.29 is 4.79 Å². The van der Waals surface area contributed by atoms with Gasteiger partial charge >= 0.3 is 0 Å². The molecule has 0 atom stereocenters. The van der Waals surface area contributed by atoms with Gasteiger partial charge in [-0.25, -0.2) is 0 Å². The molecule has 0 saturated carbocycles. The third-order valence-electron chi connectivity index (χ3n) is 3.28. The van der Waals surface area contributed by atoms with Gasteiger partial charge in [0, 0.05) is 17.0 Å². The Kier molecular flexibility index (Phi) is 5.88. The molecule has 0 heterocycles. The number of benzene rings is 2. The monoisotopic (exact) mass is 299 g/mol. The summed E-state index contributed by atoms with van der Waals surface area (Å²) in [7, 11) is 0. The number of carbonyl (C=O) groups is 1. The van der Waals surface area contributed by atoms with Crippen molar-refractivity contribution in [3.8, 4) is 0 Å². The van der Waals surface area contributed by atoms with E-state index in [1.54, 1.807) is 11.8 Å². The van der Waals surface area contributed by atoms with Crippen molar-refractivity contribution >= 4 is 23.4 Å². The lowest BCUT2D eigenvalue weighted by Gasteiger charge is -2.07. The van der Waals surface area contributed by atoms with Crippen LogP contribution in [0.25, 0.3) is 0 Å². The maximum Gasteiger partial charge on any atom is 0.255 e. The smallest absolute Gasteiger partial charge is 0.255 e. The van der Waals surface area contributed by atoms with Gasteiger partial charge in [-0.3, -0.25) is 4.79 Å². The van der Waals surface area contributed by atoms with Gasteiger partial charge in [-0.15, -0.1) is 0 Å². The third-order valence-corrected chi connectivity index (χ3v) is 3.90. The Bertz CT molecular complexity index is 575. The molecule has 21 heavy (non-hydrogen) atoms. The normalized spacial score (nSPS) is 10.4. The molecule has 1 amide bonds. The maximum atomic E-state index is 12.2. The van der Waals surface area contributed by atoms with Crippen LogP contribution in [0.2, 0.25) is 0 Å². The second-order valence-corrected chi connectivity index (χ2v) is 5.90. The highest BCUT2D eigenvalue weighted by Gasteiger charge is 2.06. The molecule has 0 aliphatic rings. The van der Waals surface area contributed by atoms with E-state index in [1.807, 2.05) is 36.4 Å². The van der Waals surface area contributed by atoms with Gasteiger partial charge in [0.2, 0.25) is 0 Å². The van der Waals surface area contributed by atoms with Crippen molar-refractivity contribution in [3.63, 3.8) is 0 Å². The Labute approximate surface area is 131 Å². The molecule has 0 bridgehead atoms. The predicted molar refractivity (Wildman–Crippen MR) is 92.1 cm³/mol. The van der Waals surface area contributed by atoms with Crippen LogP contribution in [0.15, 0.2) is 48.5 Å². The van der Waals surface area contributed by atoms with Crippen LogP contribution in [-0.2, 0) is 12.2 Å². The average Bonchev–Trinajstić information content (AvgIpc) is 2.50. The first-order valence-electron chi connectivity index (χ1n) is 7.21. The highest BCUT2D eigenvalue weighted by atomic mass is 32.2. The van der Waals surface area contributed by atoms with Crippen LogP contribution in [0.1, 0.15) is 34.8 Å². The first kappa shape index (κ1) is 15.6. The molecule has 0 aliphatic heterocycles. The first-order valence-corrected chi connectivity index (χ1v) is 8.60. The van der Waals surface area contributed by atoms with Gasteiger partial charge in [0.05, 0.1) is 0 Å². The number of hydrogen-bond acceptors (Lipinski definition) is 2. The quantitative estimate of drug-likeness (QED) is 0.833. The summed E-state index contributed by atoms with van der Waals surface area (Å²) in [5, 5.41) is 2.93. The van der Waals surface area contributed by atoms with Gasteiger partial charge in [0.1, 0.15) is 0 Å². The minimum Gasteiger partial charge on any atom is -0.322 e. The van der Waals surface area contributed by atoms with Crippen molar-refractivity contribution in [2.24, 2.45) is 0 Å². The van der Waals surface area contributed by atoms with Crippen LogP contribution < -0.4 is 5.32 Å². The van der Waals surface area contributed by atoms with Gasteiger partial charge in [-0.2, -0.15) is 11.8 Å². The minimum atomic E-state index is -0.0612. The third kappa shape index (κ3) is 4.64. The lowest BCUT2D eigenvalue weighted by atomic mass is 10.1. The van der Waals surface area contributed by atoms with E-state index in [4.69, 9.17) is 0 Å². The van der Waals surface area contributed by atoms with Gasteiger partial charge in [0.15, 0.2) is 0 Å². The van der Waals surface area contributed by atoms with Crippen molar-refractivity contribution in [2.45, 2.75) is 25.5 Å². The van der Waals surface area contributed by atoms with E-state index in [1.165, 1.54) is 11.1 Å². The molecule has 0 aliphatic carbocycles. The number of carbonyl (C=O) groups excluding carboxylic acids is 1. The van der Waals surface area contributed by atoms with Gasteiger partial charge in [-0.1, -0.05) is 37.6 Å². The summed E-state index contributed by atoms with van der Waals surface area (Å²) in [6, 6.07) is 15.8. The van der Waals surface area contributed by atoms with Gasteiger partial charge in [0.25, 0.3) is 5.91 Å². The molecule has 0 aromatic heterocycles. The molecule has 110 valence electrons. The van der Waals surface area contributed by atoms with E-state index in [0.29, 0.717) is 5.56 Å². The maximum absolute atomic E-state index is 12.2. The molecule has 0 saturated heterocycles. The lowest BCUT2D eigenvalue weighted by Crippen LogP contribution is -2.11. The molecule has 1 N–H and O–H groups in total. The molecule has 0 radical (unpaired) electrons. The van der Waals surface area contributed by atoms with Crippen molar-refractivity contribution in [3.05, 3.63) is 65.2 Å². The van der Waals surface area contributed by atoms with Crippen LogP contribution in [0, 0.1) is 0 Å². The number of aryl methyl sites for hydroxylation is 1. The molecule has 0 spiro atoms. The Morgan fingerprint density at radius 1 is 1.00 bits per heavy atom. The van der Waals surface area contributed by atoms with Crippen molar-refractivity contribution in [1.29, 1.82) is 0 Å². The number of hydrogen-bond donors (Lipinski definition) is 1. The largest absolute Gasteiger partial charge is 0.322 e. The molecule has 0 unspecified atom stereocenters. The van der Waals surface area contributed by atoms with E-state index < -0.39 is 0 Å². The van der Waals surface area contributed by atoms with Crippen LogP contribution in [0.3, 0.4) is 0 Å². The number of nitrogens with one attached hydrogen (secondary N) is 1. The van der Waals surface area contributed by atoms with Gasteiger partial charge in [-0.05, 0) is 48.1 Å². The summed E-state index contributed by atoms with van der Waals surface area (Å²) in [5.74, 6) is 0.912. The fourth-order valence-electron chi connectivity index (χ4n) is 2.17. The van der Waals surface area contributed by atoms with Crippen LogP contribution in [0.4, 0.5) is 5.69 Å². The number of anilines is 1. The second-order valence-electron chi connectivity index (χ2n) is 5.03. The Morgan fingerprint density at radius 3 is 2.19 bits per heavy atom. The first-order chi connectivity index (χ1) is 10.2. The van der Waals surface area contributed by atoms with E-state index >= 15 is 0 Å². The summed E-state index contributed by atoms with van der Waals surface area (Å²) in [6.07, 6.45) is 4.28. The molecule has 2 nitrogen and oxygen atoms in total. The molecule has 2 aromatic carbocycles. The fourth-order valence-corrected chi connectivity index (χ4v) is 2.69. The summed E-state index contributed by atoms with van der Waals surface area (Å²) in [5.41, 5.74) is 4.07. The van der Waals surface area contributed by atoms with Gasteiger partial charge < -0.3 is 5.32 Å². The Morgan fingerprint density at radius 2 is 1.62 bits per heavy atom. The average molecular weight is 299 g/mol. The molecule has 2 rings (SSSR count). The Hall–Kier alpha value is -1.74. The highest BCUT2D eigenvalue weighted by Crippen LogP contribution is 2.14. The van der Waals surface area contributed by atoms with E-state index in [2.05, 4.69) is 30.6 Å². The van der Waals surface area contributed by atoms with Crippen molar-refractivity contribution in [2.75, 3.05) is 11.6 Å². The molecule has 0 fully saturated rings. The number of amides is 1. The van der Waals surface area contributed by atoms with E-state index in [0.717, 1.165) is 24.3 Å². The lowest BCUT2D eigenvalue weighted by molar-refractivity contribution is 0.102. The van der Waals surface area contributed by atoms with E-state index in [9.17, 15) is 4.79 Å². The standard InChI is InChI=1S/C18H21NOS/c1-3-4-14-7-11-17(12-8-14)19-18(20)16-9-5-15(6-10-16)13-21-2/h5-12H,3-4,13H2,1-2H3,(H,19,20). The minimum absolute atomic E-state index is 0.0612. The zero-order valence-corrected chi connectivity index (χ0v) is 13.4. The number of rotatable bonds is 6. The number of thioether (sulfide) groups is 1. The fraction of sp³-hybridized carbons (Fsp3) is 0.278. The van der Waals surface area contributed by atoms with E-state index in [-0.39, 0.29) is 5.91 Å². The summed E-state index contributed by atoms with van der Waals surface area (Å²) < 4.78 is 0. The molecular formula is C18H21NOS. The Balaban J connectivity index is 2.00. The van der Waals surface area contributed by atoms with Crippen molar-refractivity contribution in [1.82, 2.24) is 0 Å².